The summed E-state index contributed by atoms with van der Waals surface area (Å²) in [6.07, 6.45) is 3.73. The van der Waals surface area contributed by atoms with E-state index in [0.29, 0.717) is 0 Å². The first-order valence-corrected chi connectivity index (χ1v) is 9.05. The van der Waals surface area contributed by atoms with E-state index in [4.69, 9.17) is 0 Å². The van der Waals surface area contributed by atoms with Crippen LogP contribution in [0.3, 0.4) is 0 Å². The van der Waals surface area contributed by atoms with Crippen molar-refractivity contribution in [3.63, 3.8) is 0 Å². The minimum Gasteiger partial charge on any atom is -0.465 e. The van der Waals surface area contributed by atoms with E-state index in [1.165, 1.54) is 19.2 Å². The smallest absolute Gasteiger partial charge is 0.338 e. The number of nitrogens with zero attached hydrogens (tertiary/aromatic N) is 2. The molecule has 7 nitrogen and oxygen atoms in total. The minimum absolute atomic E-state index is 0.0228. The van der Waals surface area contributed by atoms with Crippen LogP contribution in [0.2, 0.25) is 0 Å². The lowest BCUT2D eigenvalue weighted by molar-refractivity contribution is -0.384. The maximum Gasteiger partial charge on any atom is 0.338 e. The lowest BCUT2D eigenvalue weighted by atomic mass is 9.95. The fourth-order valence-corrected chi connectivity index (χ4v) is 3.93. The number of carbonyl (C=O) groups excluding carboxylic acids is 2. The summed E-state index contributed by atoms with van der Waals surface area (Å²) in [5.41, 5.74) is 2.63. The first kappa shape index (κ1) is 17.9. The second kappa shape index (κ2) is 6.92. The number of non-ortho nitro benzene ring substituents is 1. The first-order valence-electron chi connectivity index (χ1n) is 9.05. The van der Waals surface area contributed by atoms with Gasteiger partial charge in [0.15, 0.2) is 0 Å². The number of hydrogen-bond donors (Lipinski definition) is 0. The fourth-order valence-electron chi connectivity index (χ4n) is 3.93. The third kappa shape index (κ3) is 2.85. The van der Waals surface area contributed by atoms with Gasteiger partial charge in [-0.05, 0) is 43.4 Å². The van der Waals surface area contributed by atoms with E-state index in [1.54, 1.807) is 4.57 Å². The topological polar surface area (TPSA) is 91.4 Å². The summed E-state index contributed by atoms with van der Waals surface area (Å²) in [5.74, 6) is -1.11. The number of rotatable bonds is 3. The summed E-state index contributed by atoms with van der Waals surface area (Å²) < 4.78 is 6.32. The fraction of sp³-hybridized carbons (Fsp3) is 0.238. The molecule has 7 heteroatoms. The Morgan fingerprint density at radius 2 is 1.79 bits per heavy atom. The molecule has 0 amide bonds. The van der Waals surface area contributed by atoms with Crippen molar-refractivity contribution in [1.82, 2.24) is 4.57 Å². The molecule has 0 spiro atoms. The molecular formula is C21H18N2O5. The van der Waals surface area contributed by atoms with Crippen LogP contribution in [0.4, 0.5) is 5.69 Å². The Morgan fingerprint density at radius 1 is 1.07 bits per heavy atom. The average molecular weight is 378 g/mol. The molecule has 1 heterocycles. The highest BCUT2D eigenvalue weighted by Gasteiger charge is 2.26. The number of ether oxygens (including phenoxy) is 1. The van der Waals surface area contributed by atoms with Gasteiger partial charge >= 0.3 is 5.97 Å². The summed E-state index contributed by atoms with van der Waals surface area (Å²) in [5, 5.41) is 12.3. The standard InChI is InChI=1S/C21H18N2O5/c1-28-21(25)14-10-13(11-15(12-14)23(26)27)20(24)22-18-8-4-2-6-16(18)17-7-3-5-9-19(17)22/h2,4,6,8,10-12H,3,5,7,9H2,1H3. The van der Waals surface area contributed by atoms with Crippen LogP contribution in [-0.2, 0) is 17.6 Å². The molecule has 0 bridgehead atoms. The number of fused-ring (bicyclic) bond motifs is 3. The Kier molecular flexibility index (Phi) is 4.43. The number of benzene rings is 2. The summed E-state index contributed by atoms with van der Waals surface area (Å²) in [6.45, 7) is 0. The van der Waals surface area contributed by atoms with Crippen LogP contribution in [0.5, 0.6) is 0 Å². The van der Waals surface area contributed by atoms with Gasteiger partial charge in [-0.15, -0.1) is 0 Å². The molecular weight excluding hydrogens is 360 g/mol. The molecule has 0 radical (unpaired) electrons. The molecule has 1 aliphatic carbocycles. The zero-order valence-electron chi connectivity index (χ0n) is 15.3. The SMILES string of the molecule is COC(=O)c1cc(C(=O)n2c3c(c4ccccc42)CCCC3)cc([N+](=O)[O-])c1. The van der Waals surface area contributed by atoms with Gasteiger partial charge in [0.25, 0.3) is 11.6 Å². The number of nitro benzene ring substituents is 1. The number of aromatic nitrogens is 1. The quantitative estimate of drug-likeness (QED) is 0.391. The highest BCUT2D eigenvalue weighted by molar-refractivity contribution is 6.05. The zero-order valence-corrected chi connectivity index (χ0v) is 15.3. The second-order valence-corrected chi connectivity index (χ2v) is 6.81. The molecule has 1 aromatic heterocycles. The van der Waals surface area contributed by atoms with Gasteiger partial charge in [0.1, 0.15) is 0 Å². The molecule has 3 aromatic rings. The predicted octanol–water partition coefficient (Wildman–Crippen LogP) is 3.90. The lowest BCUT2D eigenvalue weighted by Crippen LogP contribution is -2.18. The minimum atomic E-state index is -0.725. The number of esters is 1. The van der Waals surface area contributed by atoms with E-state index >= 15 is 0 Å². The maximum atomic E-state index is 13.4. The van der Waals surface area contributed by atoms with Crippen LogP contribution in [0, 0.1) is 10.1 Å². The Hall–Kier alpha value is -3.48. The van der Waals surface area contributed by atoms with Gasteiger partial charge in [0, 0.05) is 28.8 Å². The third-order valence-corrected chi connectivity index (χ3v) is 5.18. The van der Waals surface area contributed by atoms with E-state index in [1.807, 2.05) is 24.3 Å². The molecule has 0 fully saturated rings. The monoisotopic (exact) mass is 378 g/mol. The number of carbonyl (C=O) groups is 2. The highest BCUT2D eigenvalue weighted by atomic mass is 16.6. The molecule has 1 aliphatic rings. The van der Waals surface area contributed by atoms with Crippen molar-refractivity contribution in [3.8, 4) is 0 Å². The Balaban J connectivity index is 1.92. The van der Waals surface area contributed by atoms with Crippen molar-refractivity contribution in [1.29, 1.82) is 0 Å². The predicted molar refractivity (Wildman–Crippen MR) is 103 cm³/mol. The summed E-state index contributed by atoms with van der Waals surface area (Å²) in [7, 11) is 1.19. The molecule has 2 aromatic carbocycles. The second-order valence-electron chi connectivity index (χ2n) is 6.81. The molecule has 142 valence electrons. The lowest BCUT2D eigenvalue weighted by Gasteiger charge is -2.15. The molecule has 28 heavy (non-hydrogen) atoms. The van der Waals surface area contributed by atoms with Gasteiger partial charge in [0.2, 0.25) is 0 Å². The third-order valence-electron chi connectivity index (χ3n) is 5.18. The summed E-state index contributed by atoms with van der Waals surface area (Å²) in [6, 6.07) is 11.4. The van der Waals surface area contributed by atoms with Crippen molar-refractivity contribution in [2.24, 2.45) is 0 Å². The van der Waals surface area contributed by atoms with E-state index in [0.717, 1.165) is 53.9 Å². The number of hydrogen-bond acceptors (Lipinski definition) is 5. The van der Waals surface area contributed by atoms with E-state index in [9.17, 15) is 19.7 Å². The van der Waals surface area contributed by atoms with Gasteiger partial charge in [0.05, 0.1) is 23.1 Å². The molecule has 0 saturated carbocycles. The molecule has 0 saturated heterocycles. The van der Waals surface area contributed by atoms with E-state index in [-0.39, 0.29) is 22.7 Å². The molecule has 4 rings (SSSR count). The number of methoxy groups -OCH3 is 1. The van der Waals surface area contributed by atoms with Crippen LogP contribution >= 0.6 is 0 Å². The molecule has 0 unspecified atom stereocenters. The first-order chi connectivity index (χ1) is 13.5. The van der Waals surface area contributed by atoms with Crippen LogP contribution < -0.4 is 0 Å². The normalized spacial score (nSPS) is 13.2. The Labute approximate surface area is 160 Å². The van der Waals surface area contributed by atoms with Gasteiger partial charge in [-0.2, -0.15) is 0 Å². The molecule has 0 N–H and O–H groups in total. The highest BCUT2D eigenvalue weighted by Crippen LogP contribution is 2.33. The van der Waals surface area contributed by atoms with Gasteiger partial charge in [-0.1, -0.05) is 18.2 Å². The maximum absolute atomic E-state index is 13.4. The van der Waals surface area contributed by atoms with Crippen molar-refractivity contribution in [3.05, 3.63) is 75.0 Å². The van der Waals surface area contributed by atoms with Crippen LogP contribution in [0.25, 0.3) is 10.9 Å². The van der Waals surface area contributed by atoms with Crippen LogP contribution in [0.15, 0.2) is 42.5 Å². The van der Waals surface area contributed by atoms with Crippen molar-refractivity contribution < 1.29 is 19.2 Å². The van der Waals surface area contributed by atoms with Crippen molar-refractivity contribution in [2.45, 2.75) is 25.7 Å². The number of nitro groups is 1. The largest absolute Gasteiger partial charge is 0.465 e. The number of para-hydroxylation sites is 1. The van der Waals surface area contributed by atoms with Crippen LogP contribution in [-0.4, -0.2) is 28.5 Å². The average Bonchev–Trinajstić information content (AvgIpc) is 3.06. The zero-order chi connectivity index (χ0) is 19.8. The van der Waals surface area contributed by atoms with E-state index in [2.05, 4.69) is 4.74 Å². The van der Waals surface area contributed by atoms with Gasteiger partial charge < -0.3 is 4.74 Å². The van der Waals surface area contributed by atoms with E-state index < -0.39 is 10.9 Å². The molecule has 0 atom stereocenters. The number of aryl methyl sites for hydroxylation is 1. The summed E-state index contributed by atoms with van der Waals surface area (Å²) in [4.78, 5) is 36.0. The van der Waals surface area contributed by atoms with Gasteiger partial charge in [-0.25, -0.2) is 4.79 Å². The summed E-state index contributed by atoms with van der Waals surface area (Å²) >= 11 is 0. The van der Waals surface area contributed by atoms with Gasteiger partial charge in [-0.3, -0.25) is 19.5 Å². The Bertz CT molecular complexity index is 1130. The van der Waals surface area contributed by atoms with Crippen LogP contribution in [0.1, 0.15) is 44.8 Å². The van der Waals surface area contributed by atoms with Crippen molar-refractivity contribution >= 4 is 28.5 Å². The molecule has 0 aliphatic heterocycles. The van der Waals surface area contributed by atoms with Crippen molar-refractivity contribution in [2.75, 3.05) is 7.11 Å². The Morgan fingerprint density at radius 3 is 2.54 bits per heavy atom.